The number of hydrogen-bond acceptors (Lipinski definition) is 3. The minimum Gasteiger partial charge on any atom is -0.508 e. The molecular formula is C17H14Cl3NO4. The van der Waals surface area contributed by atoms with Gasteiger partial charge in [-0.25, -0.2) is 4.79 Å². The Balaban J connectivity index is 2.09. The summed E-state index contributed by atoms with van der Waals surface area (Å²) in [6.07, 6.45) is 0.0770. The van der Waals surface area contributed by atoms with Crippen molar-refractivity contribution in [2.45, 2.75) is 16.3 Å². The summed E-state index contributed by atoms with van der Waals surface area (Å²) in [5.41, 5.74) is 1.31. The molecule has 1 atom stereocenters. The molecule has 0 bridgehead atoms. The second kappa shape index (κ2) is 7.95. The standard InChI is InChI=1S/C17H14Cl3NO4/c18-17(19,20)12-5-3-11(4-6-12)15(23)21-14(16(24)25)9-10-1-7-13(22)8-2-10/h1-8,14,22H,9H2,(H,21,23)(H,24,25). The Bertz CT molecular complexity index is 755. The van der Waals surface area contributed by atoms with Crippen LogP contribution >= 0.6 is 34.8 Å². The van der Waals surface area contributed by atoms with Crippen molar-refractivity contribution in [2.75, 3.05) is 0 Å². The van der Waals surface area contributed by atoms with E-state index in [0.717, 1.165) is 0 Å². The molecule has 0 fully saturated rings. The average Bonchev–Trinajstić information content (AvgIpc) is 2.55. The van der Waals surface area contributed by atoms with Gasteiger partial charge < -0.3 is 15.5 Å². The van der Waals surface area contributed by atoms with E-state index < -0.39 is 21.7 Å². The molecule has 8 heteroatoms. The van der Waals surface area contributed by atoms with Crippen LogP contribution in [0.15, 0.2) is 48.5 Å². The highest BCUT2D eigenvalue weighted by Crippen LogP contribution is 2.37. The van der Waals surface area contributed by atoms with Gasteiger partial charge in [-0.3, -0.25) is 4.79 Å². The number of aliphatic carboxylic acids is 1. The van der Waals surface area contributed by atoms with Crippen molar-refractivity contribution in [3.8, 4) is 5.75 Å². The summed E-state index contributed by atoms with van der Waals surface area (Å²) >= 11 is 17.3. The van der Waals surface area contributed by atoms with Gasteiger partial charge in [-0.1, -0.05) is 59.1 Å². The minimum atomic E-state index is -1.60. The largest absolute Gasteiger partial charge is 0.508 e. The van der Waals surface area contributed by atoms with E-state index in [2.05, 4.69) is 5.32 Å². The molecule has 0 aliphatic carbocycles. The van der Waals surface area contributed by atoms with Crippen LogP contribution in [0.4, 0.5) is 0 Å². The van der Waals surface area contributed by atoms with Crippen LogP contribution in [0.1, 0.15) is 21.5 Å². The molecule has 0 spiro atoms. The Morgan fingerprint density at radius 3 is 2.04 bits per heavy atom. The summed E-state index contributed by atoms with van der Waals surface area (Å²) < 4.78 is -1.60. The Morgan fingerprint density at radius 2 is 1.56 bits per heavy atom. The van der Waals surface area contributed by atoms with Crippen LogP contribution in [-0.2, 0) is 15.0 Å². The molecule has 0 radical (unpaired) electrons. The SMILES string of the molecule is O=C(NC(Cc1ccc(O)cc1)C(=O)O)c1ccc(C(Cl)(Cl)Cl)cc1. The van der Waals surface area contributed by atoms with E-state index in [4.69, 9.17) is 34.8 Å². The Hall–Kier alpha value is -1.95. The number of amides is 1. The molecule has 0 saturated heterocycles. The highest BCUT2D eigenvalue weighted by Gasteiger charge is 2.24. The number of phenols is 1. The smallest absolute Gasteiger partial charge is 0.326 e. The van der Waals surface area contributed by atoms with E-state index in [1.807, 2.05) is 0 Å². The van der Waals surface area contributed by atoms with Gasteiger partial charge in [0.25, 0.3) is 5.91 Å². The third-order valence-corrected chi connectivity index (χ3v) is 4.11. The first-order valence-electron chi connectivity index (χ1n) is 7.15. The zero-order valence-corrected chi connectivity index (χ0v) is 15.0. The number of aromatic hydroxyl groups is 1. The zero-order valence-electron chi connectivity index (χ0n) is 12.7. The summed E-state index contributed by atoms with van der Waals surface area (Å²) in [7, 11) is 0. The molecular weight excluding hydrogens is 389 g/mol. The van der Waals surface area contributed by atoms with Gasteiger partial charge >= 0.3 is 5.97 Å². The van der Waals surface area contributed by atoms with Gasteiger partial charge in [0, 0.05) is 17.5 Å². The molecule has 25 heavy (non-hydrogen) atoms. The monoisotopic (exact) mass is 401 g/mol. The second-order valence-electron chi connectivity index (χ2n) is 5.31. The minimum absolute atomic E-state index is 0.0770. The maximum absolute atomic E-state index is 12.3. The summed E-state index contributed by atoms with van der Waals surface area (Å²) in [5, 5.41) is 21.0. The Morgan fingerprint density at radius 1 is 1.00 bits per heavy atom. The van der Waals surface area contributed by atoms with Crippen molar-refractivity contribution in [1.82, 2.24) is 5.32 Å². The topological polar surface area (TPSA) is 86.6 Å². The molecule has 0 saturated carbocycles. The van der Waals surface area contributed by atoms with E-state index in [1.54, 1.807) is 12.1 Å². The Kier molecular flexibility index (Phi) is 6.16. The highest BCUT2D eigenvalue weighted by atomic mass is 35.6. The van der Waals surface area contributed by atoms with Crippen molar-refractivity contribution in [3.63, 3.8) is 0 Å². The number of phenolic OH excluding ortho intramolecular Hbond substituents is 1. The first-order chi connectivity index (χ1) is 11.7. The molecule has 132 valence electrons. The van der Waals surface area contributed by atoms with Crippen molar-refractivity contribution in [3.05, 3.63) is 65.2 Å². The van der Waals surface area contributed by atoms with Gasteiger partial charge in [0.2, 0.25) is 3.79 Å². The maximum atomic E-state index is 12.3. The van der Waals surface area contributed by atoms with Crippen LogP contribution in [-0.4, -0.2) is 28.1 Å². The fourth-order valence-corrected chi connectivity index (χ4v) is 2.50. The number of nitrogens with one attached hydrogen (secondary N) is 1. The fraction of sp³-hybridized carbons (Fsp3) is 0.176. The lowest BCUT2D eigenvalue weighted by atomic mass is 10.0. The molecule has 0 aliphatic heterocycles. The van der Waals surface area contributed by atoms with Gasteiger partial charge in [-0.05, 0) is 29.8 Å². The number of carbonyl (C=O) groups excluding carboxylic acids is 1. The Labute approximate surface area is 159 Å². The lowest BCUT2D eigenvalue weighted by Crippen LogP contribution is -2.42. The van der Waals surface area contributed by atoms with Crippen molar-refractivity contribution in [1.29, 1.82) is 0 Å². The number of halogens is 3. The van der Waals surface area contributed by atoms with Gasteiger partial charge in [0.15, 0.2) is 0 Å². The molecule has 0 aromatic heterocycles. The van der Waals surface area contributed by atoms with Crippen LogP contribution in [0, 0.1) is 0 Å². The molecule has 0 heterocycles. The zero-order chi connectivity index (χ0) is 18.6. The molecule has 1 unspecified atom stereocenters. The summed E-state index contributed by atoms with van der Waals surface area (Å²) in [5.74, 6) is -1.64. The highest BCUT2D eigenvalue weighted by molar-refractivity contribution is 6.66. The lowest BCUT2D eigenvalue weighted by Gasteiger charge is -2.16. The van der Waals surface area contributed by atoms with E-state index >= 15 is 0 Å². The first kappa shape index (κ1) is 19.4. The molecule has 2 rings (SSSR count). The number of carbonyl (C=O) groups is 2. The van der Waals surface area contributed by atoms with Gasteiger partial charge in [-0.15, -0.1) is 0 Å². The van der Waals surface area contributed by atoms with Gasteiger partial charge in [0.1, 0.15) is 11.8 Å². The number of carboxylic acids is 1. The number of rotatable bonds is 5. The predicted molar refractivity (Wildman–Crippen MR) is 96.4 cm³/mol. The van der Waals surface area contributed by atoms with E-state index in [0.29, 0.717) is 11.1 Å². The van der Waals surface area contributed by atoms with Crippen molar-refractivity contribution < 1.29 is 19.8 Å². The predicted octanol–water partition coefficient (Wildman–Crippen LogP) is 3.64. The first-order valence-corrected chi connectivity index (χ1v) is 8.29. The fourth-order valence-electron chi connectivity index (χ4n) is 2.12. The normalized spacial score (nSPS) is 12.4. The number of alkyl halides is 3. The van der Waals surface area contributed by atoms with E-state index in [1.165, 1.54) is 36.4 Å². The third kappa shape index (κ3) is 5.53. The molecule has 0 aliphatic rings. The second-order valence-corrected chi connectivity index (χ2v) is 7.59. The summed E-state index contributed by atoms with van der Waals surface area (Å²) in [4.78, 5) is 23.7. The maximum Gasteiger partial charge on any atom is 0.326 e. The van der Waals surface area contributed by atoms with Crippen LogP contribution < -0.4 is 5.32 Å². The number of hydrogen-bond donors (Lipinski definition) is 3. The quantitative estimate of drug-likeness (QED) is 0.666. The average molecular weight is 403 g/mol. The number of benzene rings is 2. The molecule has 2 aromatic rings. The van der Waals surface area contributed by atoms with Crippen molar-refractivity contribution in [2.24, 2.45) is 0 Å². The molecule has 3 N–H and O–H groups in total. The van der Waals surface area contributed by atoms with Crippen LogP contribution in [0.2, 0.25) is 0 Å². The third-order valence-electron chi connectivity index (χ3n) is 3.45. The van der Waals surface area contributed by atoms with Crippen LogP contribution in [0.3, 0.4) is 0 Å². The molecule has 2 aromatic carbocycles. The van der Waals surface area contributed by atoms with Crippen molar-refractivity contribution >= 4 is 46.7 Å². The van der Waals surface area contributed by atoms with Gasteiger partial charge in [-0.2, -0.15) is 0 Å². The summed E-state index contributed by atoms with van der Waals surface area (Å²) in [6.45, 7) is 0. The molecule has 1 amide bonds. The van der Waals surface area contributed by atoms with E-state index in [-0.39, 0.29) is 17.7 Å². The van der Waals surface area contributed by atoms with Crippen LogP contribution in [0.25, 0.3) is 0 Å². The lowest BCUT2D eigenvalue weighted by molar-refractivity contribution is -0.139. The molecule has 5 nitrogen and oxygen atoms in total. The van der Waals surface area contributed by atoms with Crippen LogP contribution in [0.5, 0.6) is 5.75 Å². The van der Waals surface area contributed by atoms with E-state index in [9.17, 15) is 19.8 Å². The van der Waals surface area contributed by atoms with Gasteiger partial charge in [0.05, 0.1) is 0 Å². The number of carboxylic acid groups (broad SMARTS) is 1. The summed E-state index contributed by atoms with van der Waals surface area (Å²) in [6, 6.07) is 10.8.